The van der Waals surface area contributed by atoms with E-state index in [0.717, 1.165) is 12.8 Å². The largest absolute Gasteiger partial charge is 0.324 e. The summed E-state index contributed by atoms with van der Waals surface area (Å²) >= 11 is 0. The molecule has 1 aliphatic carbocycles. The fraction of sp³-hybridized carbons (Fsp3) is 0.412. The fourth-order valence-corrected chi connectivity index (χ4v) is 3.40. The number of hydrogen-bond acceptors (Lipinski definition) is 4. The third-order valence-electron chi connectivity index (χ3n) is 4.85. The van der Waals surface area contributed by atoms with E-state index in [1.807, 2.05) is 0 Å². The van der Waals surface area contributed by atoms with Crippen LogP contribution in [0.5, 0.6) is 0 Å². The van der Waals surface area contributed by atoms with Gasteiger partial charge in [0.05, 0.1) is 17.8 Å². The molecule has 0 radical (unpaired) electrons. The van der Waals surface area contributed by atoms with Crippen LogP contribution in [0.2, 0.25) is 0 Å². The Morgan fingerprint density at radius 3 is 2.72 bits per heavy atom. The molecule has 128 valence electrons. The van der Waals surface area contributed by atoms with Gasteiger partial charge in [-0.25, -0.2) is 9.59 Å². The minimum absolute atomic E-state index is 0.0825. The van der Waals surface area contributed by atoms with E-state index in [4.69, 9.17) is 0 Å². The van der Waals surface area contributed by atoms with Crippen LogP contribution in [0.1, 0.15) is 18.4 Å². The molecule has 1 atom stereocenters. The van der Waals surface area contributed by atoms with E-state index in [0.29, 0.717) is 24.3 Å². The Hall–Kier alpha value is -3.08. The van der Waals surface area contributed by atoms with Crippen LogP contribution in [-0.2, 0) is 4.79 Å². The topological polar surface area (TPSA) is 96.8 Å². The van der Waals surface area contributed by atoms with E-state index >= 15 is 0 Å². The second-order valence-corrected chi connectivity index (χ2v) is 6.46. The van der Waals surface area contributed by atoms with Gasteiger partial charge in [-0.05, 0) is 25.0 Å². The maximum atomic E-state index is 13.1. The summed E-state index contributed by atoms with van der Waals surface area (Å²) in [5, 5.41) is 11.6. The number of anilines is 1. The third-order valence-corrected chi connectivity index (χ3v) is 4.85. The van der Waals surface area contributed by atoms with Crippen LogP contribution in [0.25, 0.3) is 0 Å². The number of piperazine rings is 1. The Kier molecular flexibility index (Phi) is 3.57. The summed E-state index contributed by atoms with van der Waals surface area (Å²) in [5.41, 5.74) is 1.06. The standard InChI is InChI=1S/C17H17N5O3/c18-9-11-3-1-2-4-13(11)22(12-5-6-12)17(25)20-7-8-21-14(10-20)15(23)19-16(21)24/h1-4,12,14H,5-8,10H2,(H,19,23,24). The molecule has 25 heavy (non-hydrogen) atoms. The monoisotopic (exact) mass is 339 g/mol. The lowest BCUT2D eigenvalue weighted by Gasteiger charge is -2.38. The van der Waals surface area contributed by atoms with Crippen LogP contribution < -0.4 is 10.2 Å². The number of rotatable bonds is 2. The predicted octanol–water partition coefficient (Wildman–Crippen LogP) is 0.883. The molecule has 1 N–H and O–H groups in total. The van der Waals surface area contributed by atoms with Crippen molar-refractivity contribution in [2.24, 2.45) is 0 Å². The van der Waals surface area contributed by atoms with E-state index in [-0.39, 0.29) is 24.5 Å². The maximum absolute atomic E-state index is 13.1. The van der Waals surface area contributed by atoms with E-state index < -0.39 is 12.1 Å². The van der Waals surface area contributed by atoms with E-state index in [9.17, 15) is 19.6 Å². The number of amides is 5. The summed E-state index contributed by atoms with van der Waals surface area (Å²) < 4.78 is 0. The van der Waals surface area contributed by atoms with Crippen molar-refractivity contribution in [2.45, 2.75) is 24.9 Å². The number of nitrogens with zero attached hydrogens (tertiary/aromatic N) is 4. The SMILES string of the molecule is N#Cc1ccccc1N(C(=O)N1CCN2C(=O)NC(=O)C2C1)C1CC1. The molecule has 2 saturated heterocycles. The van der Waals surface area contributed by atoms with Gasteiger partial charge in [-0.15, -0.1) is 0 Å². The van der Waals surface area contributed by atoms with Crippen LogP contribution >= 0.6 is 0 Å². The fourth-order valence-electron chi connectivity index (χ4n) is 3.40. The molecule has 3 aliphatic rings. The Balaban J connectivity index is 1.59. The number of urea groups is 2. The number of fused-ring (bicyclic) bond motifs is 1. The lowest BCUT2D eigenvalue weighted by atomic mass is 10.1. The number of nitrogens with one attached hydrogen (secondary N) is 1. The normalized spacial score (nSPS) is 22.3. The van der Waals surface area contributed by atoms with E-state index in [1.54, 1.807) is 34.1 Å². The molecule has 5 amide bonds. The quantitative estimate of drug-likeness (QED) is 0.809. The van der Waals surface area contributed by atoms with Crippen molar-refractivity contribution >= 4 is 23.7 Å². The summed E-state index contributed by atoms with van der Waals surface area (Å²) in [6, 6.07) is 8.03. The van der Waals surface area contributed by atoms with Gasteiger partial charge < -0.3 is 9.80 Å². The molecule has 1 unspecified atom stereocenters. The first-order valence-corrected chi connectivity index (χ1v) is 8.29. The molecular formula is C17H17N5O3. The molecule has 8 nitrogen and oxygen atoms in total. The summed E-state index contributed by atoms with van der Waals surface area (Å²) in [5.74, 6) is -0.363. The number of carbonyl (C=O) groups is 3. The average molecular weight is 339 g/mol. The molecule has 0 spiro atoms. The second-order valence-electron chi connectivity index (χ2n) is 6.46. The highest BCUT2D eigenvalue weighted by atomic mass is 16.2. The average Bonchev–Trinajstić information content (AvgIpc) is 3.42. The number of hydrogen-bond donors (Lipinski definition) is 1. The van der Waals surface area contributed by atoms with Crippen molar-refractivity contribution < 1.29 is 14.4 Å². The van der Waals surface area contributed by atoms with Crippen LogP contribution in [0, 0.1) is 11.3 Å². The molecular weight excluding hydrogens is 322 g/mol. The Bertz CT molecular complexity index is 798. The lowest BCUT2D eigenvalue weighted by molar-refractivity contribution is -0.122. The Morgan fingerprint density at radius 2 is 2.00 bits per heavy atom. The van der Waals surface area contributed by atoms with Crippen molar-refractivity contribution in [3.05, 3.63) is 29.8 Å². The van der Waals surface area contributed by atoms with E-state index in [1.165, 1.54) is 4.90 Å². The van der Waals surface area contributed by atoms with Gasteiger partial charge in [0.25, 0.3) is 5.91 Å². The predicted molar refractivity (Wildman–Crippen MR) is 87.7 cm³/mol. The number of imide groups is 1. The highest BCUT2D eigenvalue weighted by Crippen LogP contribution is 2.34. The van der Waals surface area contributed by atoms with E-state index in [2.05, 4.69) is 11.4 Å². The Morgan fingerprint density at radius 1 is 1.24 bits per heavy atom. The highest BCUT2D eigenvalue weighted by molar-refractivity contribution is 6.05. The van der Waals surface area contributed by atoms with Gasteiger partial charge in [-0.2, -0.15) is 5.26 Å². The highest BCUT2D eigenvalue weighted by Gasteiger charge is 2.45. The van der Waals surface area contributed by atoms with Crippen LogP contribution in [0.3, 0.4) is 0 Å². The summed E-state index contributed by atoms with van der Waals surface area (Å²) in [6.45, 7) is 0.870. The van der Waals surface area contributed by atoms with Crippen molar-refractivity contribution in [1.29, 1.82) is 5.26 Å². The molecule has 2 heterocycles. The lowest BCUT2D eigenvalue weighted by Crippen LogP contribution is -2.57. The number of benzene rings is 1. The minimum atomic E-state index is -0.627. The molecule has 8 heteroatoms. The molecule has 1 saturated carbocycles. The zero-order chi connectivity index (χ0) is 17.6. The molecule has 0 aromatic heterocycles. The van der Waals surface area contributed by atoms with Crippen molar-refractivity contribution in [3.63, 3.8) is 0 Å². The molecule has 1 aromatic rings. The zero-order valence-corrected chi connectivity index (χ0v) is 13.5. The molecule has 4 rings (SSSR count). The molecule has 0 bridgehead atoms. The first-order valence-electron chi connectivity index (χ1n) is 8.29. The molecule has 1 aromatic carbocycles. The summed E-state index contributed by atoms with van der Waals surface area (Å²) in [4.78, 5) is 41.5. The molecule has 2 aliphatic heterocycles. The summed E-state index contributed by atoms with van der Waals surface area (Å²) in [6.07, 6.45) is 1.79. The van der Waals surface area contributed by atoms with Gasteiger partial charge in [0.2, 0.25) is 0 Å². The number of carbonyl (C=O) groups excluding carboxylic acids is 3. The number of nitriles is 1. The van der Waals surface area contributed by atoms with Gasteiger partial charge in [-0.1, -0.05) is 12.1 Å². The van der Waals surface area contributed by atoms with Crippen molar-refractivity contribution in [3.8, 4) is 6.07 Å². The molecule has 3 fully saturated rings. The smallest absolute Gasteiger partial charge is 0.320 e. The maximum Gasteiger partial charge on any atom is 0.324 e. The van der Waals surface area contributed by atoms with Gasteiger partial charge in [-0.3, -0.25) is 15.0 Å². The van der Waals surface area contributed by atoms with Crippen LogP contribution in [-0.4, -0.2) is 59.5 Å². The Labute approximate surface area is 144 Å². The first kappa shape index (κ1) is 15.4. The first-order chi connectivity index (χ1) is 12.1. The van der Waals surface area contributed by atoms with Gasteiger partial charge in [0, 0.05) is 19.1 Å². The van der Waals surface area contributed by atoms with Gasteiger partial charge in [0.15, 0.2) is 0 Å². The zero-order valence-electron chi connectivity index (χ0n) is 13.5. The van der Waals surface area contributed by atoms with Gasteiger partial charge in [0.1, 0.15) is 12.1 Å². The van der Waals surface area contributed by atoms with Crippen LogP contribution in [0.15, 0.2) is 24.3 Å². The van der Waals surface area contributed by atoms with Crippen LogP contribution in [0.4, 0.5) is 15.3 Å². The van der Waals surface area contributed by atoms with Crippen molar-refractivity contribution in [2.75, 3.05) is 24.5 Å². The van der Waals surface area contributed by atoms with Gasteiger partial charge >= 0.3 is 12.1 Å². The summed E-state index contributed by atoms with van der Waals surface area (Å²) in [7, 11) is 0. The third kappa shape index (κ3) is 2.58. The minimum Gasteiger partial charge on any atom is -0.320 e. The second kappa shape index (κ2) is 5.77. The number of para-hydroxylation sites is 1. The van der Waals surface area contributed by atoms with Crippen molar-refractivity contribution in [1.82, 2.24) is 15.1 Å².